The van der Waals surface area contributed by atoms with Gasteiger partial charge >= 0.3 is 0 Å². The second-order valence-electron chi connectivity index (χ2n) is 4.38. The van der Waals surface area contributed by atoms with Crippen LogP contribution in [0, 0.1) is 5.82 Å². The lowest BCUT2D eigenvalue weighted by molar-refractivity contribution is 0.181. The van der Waals surface area contributed by atoms with Crippen molar-refractivity contribution in [2.75, 3.05) is 18.0 Å². The summed E-state index contributed by atoms with van der Waals surface area (Å²) in [6.07, 6.45) is 2.53. The van der Waals surface area contributed by atoms with Crippen molar-refractivity contribution in [3.8, 4) is 0 Å². The summed E-state index contributed by atoms with van der Waals surface area (Å²) in [6.45, 7) is 5.47. The summed E-state index contributed by atoms with van der Waals surface area (Å²) in [5.74, 6) is -0.162. The molecule has 1 rings (SSSR count). The van der Waals surface area contributed by atoms with E-state index in [0.717, 1.165) is 32.4 Å². The molecule has 0 saturated carbocycles. The predicted octanol–water partition coefficient (Wildman–Crippen LogP) is 3.20. The zero-order valence-corrected chi connectivity index (χ0v) is 10.7. The van der Waals surface area contributed by atoms with Crippen LogP contribution in [-0.4, -0.2) is 24.3 Å². The molecule has 0 heterocycles. The van der Waals surface area contributed by atoms with E-state index in [2.05, 4.69) is 0 Å². The number of halogens is 1. The number of aliphatic hydroxyl groups is 1. The molecule has 1 N–H and O–H groups in total. The number of benzene rings is 1. The first kappa shape index (κ1) is 14.0. The van der Waals surface area contributed by atoms with Gasteiger partial charge in [-0.1, -0.05) is 12.1 Å². The van der Waals surface area contributed by atoms with Gasteiger partial charge in [0.15, 0.2) is 0 Å². The van der Waals surface area contributed by atoms with E-state index in [0.29, 0.717) is 5.69 Å². The third kappa shape index (κ3) is 4.73. The van der Waals surface area contributed by atoms with Crippen LogP contribution in [0.3, 0.4) is 0 Å². The van der Waals surface area contributed by atoms with Gasteiger partial charge in [0.1, 0.15) is 5.82 Å². The van der Waals surface area contributed by atoms with Crippen molar-refractivity contribution in [2.24, 2.45) is 0 Å². The Hall–Kier alpha value is -1.09. The highest BCUT2D eigenvalue weighted by Gasteiger charge is 2.08. The predicted molar refractivity (Wildman–Crippen MR) is 69.8 cm³/mol. The summed E-state index contributed by atoms with van der Waals surface area (Å²) in [5, 5.41) is 9.16. The molecule has 3 heteroatoms. The molecule has 1 aromatic rings. The van der Waals surface area contributed by atoms with E-state index in [1.54, 1.807) is 13.0 Å². The number of para-hydroxylation sites is 1. The molecule has 96 valence electrons. The van der Waals surface area contributed by atoms with E-state index in [9.17, 15) is 4.39 Å². The van der Waals surface area contributed by atoms with E-state index < -0.39 is 0 Å². The number of nitrogens with zero attached hydrogens (tertiary/aromatic N) is 1. The van der Waals surface area contributed by atoms with Gasteiger partial charge in [0.2, 0.25) is 0 Å². The molecule has 0 bridgehead atoms. The molecule has 0 radical (unpaired) electrons. The largest absolute Gasteiger partial charge is 0.393 e. The molecular weight excluding hydrogens is 217 g/mol. The Balaban J connectivity index is 2.46. The first-order chi connectivity index (χ1) is 8.15. The standard InChI is InChI=1S/C14H22FNO/c1-3-16(11-7-6-8-12(2)17)14-10-5-4-9-13(14)15/h4-5,9-10,12,17H,3,6-8,11H2,1-2H3. The van der Waals surface area contributed by atoms with Gasteiger partial charge in [0, 0.05) is 13.1 Å². The van der Waals surface area contributed by atoms with Gasteiger partial charge in [-0.2, -0.15) is 0 Å². The Morgan fingerprint density at radius 2 is 2.00 bits per heavy atom. The van der Waals surface area contributed by atoms with Crippen molar-refractivity contribution in [1.82, 2.24) is 0 Å². The quantitative estimate of drug-likeness (QED) is 0.739. The third-order valence-corrected chi connectivity index (χ3v) is 2.87. The lowest BCUT2D eigenvalue weighted by Gasteiger charge is -2.23. The fourth-order valence-electron chi connectivity index (χ4n) is 1.90. The molecule has 0 aliphatic rings. The molecule has 1 atom stereocenters. The van der Waals surface area contributed by atoms with Crippen LogP contribution in [-0.2, 0) is 0 Å². The molecule has 0 aliphatic heterocycles. The van der Waals surface area contributed by atoms with Gasteiger partial charge in [-0.05, 0) is 45.2 Å². The molecule has 2 nitrogen and oxygen atoms in total. The first-order valence-corrected chi connectivity index (χ1v) is 6.32. The summed E-state index contributed by atoms with van der Waals surface area (Å²) >= 11 is 0. The summed E-state index contributed by atoms with van der Waals surface area (Å²) in [6, 6.07) is 6.87. The van der Waals surface area contributed by atoms with E-state index in [-0.39, 0.29) is 11.9 Å². The summed E-state index contributed by atoms with van der Waals surface area (Å²) in [4.78, 5) is 2.04. The highest BCUT2D eigenvalue weighted by atomic mass is 19.1. The molecule has 0 aromatic heterocycles. The molecule has 0 fully saturated rings. The van der Waals surface area contributed by atoms with Crippen molar-refractivity contribution in [3.05, 3.63) is 30.1 Å². The molecular formula is C14H22FNO. The average Bonchev–Trinajstić information content (AvgIpc) is 2.30. The number of hydrogen-bond donors (Lipinski definition) is 1. The van der Waals surface area contributed by atoms with E-state index in [1.807, 2.05) is 24.0 Å². The Labute approximate surface area is 103 Å². The van der Waals surface area contributed by atoms with Gasteiger partial charge in [-0.25, -0.2) is 4.39 Å². The second kappa shape index (κ2) is 7.28. The van der Waals surface area contributed by atoms with Crippen molar-refractivity contribution in [3.63, 3.8) is 0 Å². The highest BCUT2D eigenvalue weighted by molar-refractivity contribution is 5.47. The van der Waals surface area contributed by atoms with E-state index in [1.165, 1.54) is 6.07 Å². The van der Waals surface area contributed by atoms with Gasteiger partial charge in [0.05, 0.1) is 11.8 Å². The monoisotopic (exact) mass is 239 g/mol. The minimum absolute atomic E-state index is 0.162. The van der Waals surface area contributed by atoms with Gasteiger partial charge in [-0.3, -0.25) is 0 Å². The molecule has 1 unspecified atom stereocenters. The zero-order chi connectivity index (χ0) is 12.7. The smallest absolute Gasteiger partial charge is 0.146 e. The zero-order valence-electron chi connectivity index (χ0n) is 10.7. The maximum Gasteiger partial charge on any atom is 0.146 e. The van der Waals surface area contributed by atoms with Crippen LogP contribution in [0.2, 0.25) is 0 Å². The average molecular weight is 239 g/mol. The minimum Gasteiger partial charge on any atom is -0.393 e. The minimum atomic E-state index is -0.237. The third-order valence-electron chi connectivity index (χ3n) is 2.87. The number of anilines is 1. The Morgan fingerprint density at radius 3 is 2.59 bits per heavy atom. The molecule has 0 saturated heterocycles. The Morgan fingerprint density at radius 1 is 1.29 bits per heavy atom. The lowest BCUT2D eigenvalue weighted by atomic mass is 10.1. The number of rotatable bonds is 7. The van der Waals surface area contributed by atoms with Crippen LogP contribution in [0.1, 0.15) is 33.1 Å². The van der Waals surface area contributed by atoms with Crippen LogP contribution in [0.25, 0.3) is 0 Å². The van der Waals surface area contributed by atoms with Crippen molar-refractivity contribution >= 4 is 5.69 Å². The highest BCUT2D eigenvalue weighted by Crippen LogP contribution is 2.19. The lowest BCUT2D eigenvalue weighted by Crippen LogP contribution is -2.25. The van der Waals surface area contributed by atoms with Crippen molar-refractivity contribution in [2.45, 2.75) is 39.2 Å². The molecule has 0 spiro atoms. The van der Waals surface area contributed by atoms with Crippen LogP contribution in [0.4, 0.5) is 10.1 Å². The molecule has 1 aromatic carbocycles. The Bertz CT molecular complexity index is 328. The number of aliphatic hydroxyl groups excluding tert-OH is 1. The van der Waals surface area contributed by atoms with Crippen LogP contribution in [0.5, 0.6) is 0 Å². The van der Waals surface area contributed by atoms with Crippen LogP contribution >= 0.6 is 0 Å². The summed E-state index contributed by atoms with van der Waals surface area (Å²) in [7, 11) is 0. The first-order valence-electron chi connectivity index (χ1n) is 6.32. The SMILES string of the molecule is CCN(CCCCC(C)O)c1ccccc1F. The van der Waals surface area contributed by atoms with Gasteiger partial charge < -0.3 is 10.0 Å². The van der Waals surface area contributed by atoms with Crippen molar-refractivity contribution in [1.29, 1.82) is 0 Å². The molecule has 0 amide bonds. The maximum absolute atomic E-state index is 13.6. The Kier molecular flexibility index (Phi) is 5.98. The summed E-state index contributed by atoms with van der Waals surface area (Å²) < 4.78 is 13.6. The van der Waals surface area contributed by atoms with Crippen LogP contribution < -0.4 is 4.90 Å². The topological polar surface area (TPSA) is 23.5 Å². The molecule has 17 heavy (non-hydrogen) atoms. The maximum atomic E-state index is 13.6. The molecule has 0 aliphatic carbocycles. The van der Waals surface area contributed by atoms with E-state index >= 15 is 0 Å². The second-order valence-corrected chi connectivity index (χ2v) is 4.38. The number of unbranched alkanes of at least 4 members (excludes halogenated alkanes) is 1. The fourth-order valence-corrected chi connectivity index (χ4v) is 1.90. The number of hydrogen-bond acceptors (Lipinski definition) is 2. The normalized spacial score (nSPS) is 12.5. The fraction of sp³-hybridized carbons (Fsp3) is 0.571. The van der Waals surface area contributed by atoms with E-state index in [4.69, 9.17) is 5.11 Å². The van der Waals surface area contributed by atoms with Gasteiger partial charge in [0.25, 0.3) is 0 Å². The summed E-state index contributed by atoms with van der Waals surface area (Å²) in [5.41, 5.74) is 0.673. The van der Waals surface area contributed by atoms with Gasteiger partial charge in [-0.15, -0.1) is 0 Å². The van der Waals surface area contributed by atoms with Crippen LogP contribution in [0.15, 0.2) is 24.3 Å². The van der Waals surface area contributed by atoms with Crippen molar-refractivity contribution < 1.29 is 9.50 Å².